The van der Waals surface area contributed by atoms with Gasteiger partial charge in [-0.05, 0) is 49.7 Å². The lowest BCUT2D eigenvalue weighted by Crippen LogP contribution is -2.32. The van der Waals surface area contributed by atoms with Crippen molar-refractivity contribution in [2.45, 2.75) is 51.7 Å². The molecule has 0 radical (unpaired) electrons. The van der Waals surface area contributed by atoms with Crippen LogP contribution in [0.5, 0.6) is 0 Å². The third kappa shape index (κ3) is 3.33. The molecule has 2 rings (SSSR count). The number of rotatable bonds is 6. The Labute approximate surface area is 110 Å². The summed E-state index contributed by atoms with van der Waals surface area (Å²) in [5, 5.41) is 10.2. The Morgan fingerprint density at radius 2 is 1.89 bits per heavy atom. The van der Waals surface area contributed by atoms with Crippen LogP contribution in [-0.4, -0.2) is 17.8 Å². The number of hydrogen-bond acceptors (Lipinski definition) is 2. The Bertz CT molecular complexity index is 352. The van der Waals surface area contributed by atoms with E-state index in [1.807, 2.05) is 6.92 Å². The van der Waals surface area contributed by atoms with E-state index in [0.29, 0.717) is 12.0 Å². The van der Waals surface area contributed by atoms with Gasteiger partial charge in [0, 0.05) is 6.61 Å². The van der Waals surface area contributed by atoms with E-state index in [2.05, 4.69) is 31.2 Å². The lowest BCUT2D eigenvalue weighted by Gasteiger charge is -2.36. The number of benzene rings is 1. The quantitative estimate of drug-likeness (QED) is 0.835. The van der Waals surface area contributed by atoms with E-state index in [1.165, 1.54) is 5.56 Å². The minimum absolute atomic E-state index is 0.316. The molecule has 2 nitrogen and oxygen atoms in total. The van der Waals surface area contributed by atoms with Crippen LogP contribution in [0.15, 0.2) is 24.3 Å². The van der Waals surface area contributed by atoms with Gasteiger partial charge in [-0.25, -0.2) is 0 Å². The molecule has 0 bridgehead atoms. The normalized spacial score (nSPS) is 24.6. The zero-order valence-corrected chi connectivity index (χ0v) is 11.4. The van der Waals surface area contributed by atoms with Gasteiger partial charge in [0.15, 0.2) is 0 Å². The van der Waals surface area contributed by atoms with Crippen molar-refractivity contribution in [3.8, 4) is 0 Å². The van der Waals surface area contributed by atoms with Crippen LogP contribution in [0.3, 0.4) is 0 Å². The molecule has 1 atom stereocenters. The summed E-state index contributed by atoms with van der Waals surface area (Å²) in [5.41, 5.74) is 2.37. The van der Waals surface area contributed by atoms with E-state index >= 15 is 0 Å². The summed E-state index contributed by atoms with van der Waals surface area (Å²) in [6.45, 7) is 4.99. The van der Waals surface area contributed by atoms with E-state index in [4.69, 9.17) is 4.74 Å². The predicted octanol–water partition coefficient (Wildman–Crippen LogP) is 3.49. The second-order valence-corrected chi connectivity index (χ2v) is 5.26. The monoisotopic (exact) mass is 248 g/mol. The summed E-state index contributed by atoms with van der Waals surface area (Å²) < 4.78 is 5.54. The van der Waals surface area contributed by atoms with Crippen molar-refractivity contribution in [2.75, 3.05) is 6.61 Å². The molecule has 100 valence electrons. The number of aryl methyl sites for hydroxylation is 1. The summed E-state index contributed by atoms with van der Waals surface area (Å²) in [4.78, 5) is 0. The van der Waals surface area contributed by atoms with Crippen LogP contribution in [0.25, 0.3) is 0 Å². The topological polar surface area (TPSA) is 29.5 Å². The number of aliphatic hydroxyl groups excluding tert-OH is 1. The van der Waals surface area contributed by atoms with Crippen LogP contribution < -0.4 is 0 Å². The molecule has 1 fully saturated rings. The van der Waals surface area contributed by atoms with Crippen LogP contribution in [-0.2, 0) is 11.2 Å². The second-order valence-electron chi connectivity index (χ2n) is 5.26. The Morgan fingerprint density at radius 3 is 2.44 bits per heavy atom. The molecule has 0 spiro atoms. The molecule has 0 aromatic heterocycles. The van der Waals surface area contributed by atoms with Gasteiger partial charge in [0.25, 0.3) is 0 Å². The van der Waals surface area contributed by atoms with Gasteiger partial charge in [-0.1, -0.05) is 31.2 Å². The van der Waals surface area contributed by atoms with E-state index in [1.54, 1.807) is 0 Å². The molecule has 0 saturated heterocycles. The van der Waals surface area contributed by atoms with Gasteiger partial charge < -0.3 is 9.84 Å². The Kier molecular flexibility index (Phi) is 4.79. The zero-order chi connectivity index (χ0) is 13.0. The maximum absolute atomic E-state index is 10.2. The standard InChI is InChI=1S/C16H24O2/c1-3-12-5-7-14(8-6-12)16(17)11-13-9-15(10-13)18-4-2/h5-8,13,15-17H,3-4,9-11H2,1-2H3. The van der Waals surface area contributed by atoms with Crippen molar-refractivity contribution >= 4 is 0 Å². The van der Waals surface area contributed by atoms with Crippen LogP contribution >= 0.6 is 0 Å². The molecule has 0 heterocycles. The average molecular weight is 248 g/mol. The van der Waals surface area contributed by atoms with Gasteiger partial charge in [0.05, 0.1) is 12.2 Å². The van der Waals surface area contributed by atoms with E-state index in [9.17, 15) is 5.11 Å². The van der Waals surface area contributed by atoms with E-state index < -0.39 is 0 Å². The van der Waals surface area contributed by atoms with Crippen molar-refractivity contribution < 1.29 is 9.84 Å². The fraction of sp³-hybridized carbons (Fsp3) is 0.625. The van der Waals surface area contributed by atoms with Crippen LogP contribution in [0.4, 0.5) is 0 Å². The highest BCUT2D eigenvalue weighted by Crippen LogP contribution is 2.36. The van der Waals surface area contributed by atoms with E-state index in [-0.39, 0.29) is 6.10 Å². The highest BCUT2D eigenvalue weighted by atomic mass is 16.5. The van der Waals surface area contributed by atoms with Crippen molar-refractivity contribution in [2.24, 2.45) is 5.92 Å². The van der Waals surface area contributed by atoms with Gasteiger partial charge >= 0.3 is 0 Å². The first kappa shape index (κ1) is 13.6. The molecule has 0 aliphatic heterocycles. The van der Waals surface area contributed by atoms with Crippen LogP contribution in [0.1, 0.15) is 50.3 Å². The largest absolute Gasteiger partial charge is 0.388 e. The summed E-state index contributed by atoms with van der Waals surface area (Å²) in [5.74, 6) is 0.627. The molecule has 1 aromatic carbocycles. The third-order valence-corrected chi connectivity index (χ3v) is 3.92. The molecule has 1 aromatic rings. The summed E-state index contributed by atoms with van der Waals surface area (Å²) in [6, 6.07) is 8.34. The smallest absolute Gasteiger partial charge is 0.0792 e. The summed E-state index contributed by atoms with van der Waals surface area (Å²) in [6.07, 6.45) is 4.26. The maximum atomic E-state index is 10.2. The second kappa shape index (κ2) is 6.35. The molecule has 1 aliphatic carbocycles. The maximum Gasteiger partial charge on any atom is 0.0792 e. The summed E-state index contributed by atoms with van der Waals surface area (Å²) >= 11 is 0. The van der Waals surface area contributed by atoms with Crippen LogP contribution in [0, 0.1) is 5.92 Å². The minimum Gasteiger partial charge on any atom is -0.388 e. The van der Waals surface area contributed by atoms with Crippen molar-refractivity contribution in [1.82, 2.24) is 0 Å². The minimum atomic E-state index is -0.316. The van der Waals surface area contributed by atoms with Gasteiger partial charge in [0.1, 0.15) is 0 Å². The Hall–Kier alpha value is -0.860. The molecular formula is C16H24O2. The molecule has 0 amide bonds. The molecule has 1 saturated carbocycles. The van der Waals surface area contributed by atoms with Gasteiger partial charge in [0.2, 0.25) is 0 Å². The van der Waals surface area contributed by atoms with Crippen molar-refractivity contribution in [3.05, 3.63) is 35.4 Å². The number of hydrogen-bond donors (Lipinski definition) is 1. The van der Waals surface area contributed by atoms with Crippen molar-refractivity contribution in [1.29, 1.82) is 0 Å². The highest BCUT2D eigenvalue weighted by molar-refractivity contribution is 5.24. The first-order chi connectivity index (χ1) is 8.72. The average Bonchev–Trinajstić information content (AvgIpc) is 2.36. The first-order valence-electron chi connectivity index (χ1n) is 7.11. The van der Waals surface area contributed by atoms with Crippen LogP contribution in [0.2, 0.25) is 0 Å². The number of aliphatic hydroxyl groups is 1. The van der Waals surface area contributed by atoms with Gasteiger partial charge in [-0.15, -0.1) is 0 Å². The van der Waals surface area contributed by atoms with Gasteiger partial charge in [-0.2, -0.15) is 0 Å². The molecule has 2 heteroatoms. The van der Waals surface area contributed by atoms with Crippen molar-refractivity contribution in [3.63, 3.8) is 0 Å². The fourth-order valence-electron chi connectivity index (χ4n) is 2.67. The van der Waals surface area contributed by atoms with E-state index in [0.717, 1.165) is 37.9 Å². The predicted molar refractivity (Wildman–Crippen MR) is 73.5 cm³/mol. The highest BCUT2D eigenvalue weighted by Gasteiger charge is 2.31. The first-order valence-corrected chi connectivity index (χ1v) is 7.11. The Balaban J connectivity index is 1.79. The molecular weight excluding hydrogens is 224 g/mol. The lowest BCUT2D eigenvalue weighted by atomic mass is 9.78. The molecule has 18 heavy (non-hydrogen) atoms. The lowest BCUT2D eigenvalue weighted by molar-refractivity contribution is -0.0380. The Morgan fingerprint density at radius 1 is 1.22 bits per heavy atom. The fourth-order valence-corrected chi connectivity index (χ4v) is 2.67. The SMILES string of the molecule is CCOC1CC(CC(O)c2ccc(CC)cc2)C1. The number of ether oxygens (including phenoxy) is 1. The molecule has 1 unspecified atom stereocenters. The molecule has 1 aliphatic rings. The zero-order valence-electron chi connectivity index (χ0n) is 11.4. The summed E-state index contributed by atoms with van der Waals surface area (Å²) in [7, 11) is 0. The molecule has 1 N–H and O–H groups in total. The van der Waals surface area contributed by atoms with Gasteiger partial charge in [-0.3, -0.25) is 0 Å². The third-order valence-electron chi connectivity index (χ3n) is 3.92.